The van der Waals surface area contributed by atoms with Gasteiger partial charge in [0.05, 0.1) is 18.5 Å². The van der Waals surface area contributed by atoms with Gasteiger partial charge in [0.25, 0.3) is 0 Å². The van der Waals surface area contributed by atoms with Crippen molar-refractivity contribution >= 4 is 51.9 Å². The lowest BCUT2D eigenvalue weighted by molar-refractivity contribution is -0.123. The number of benzene rings is 2. The van der Waals surface area contributed by atoms with Crippen LogP contribution in [0.3, 0.4) is 0 Å². The zero-order valence-electron chi connectivity index (χ0n) is 19.0. The molecule has 0 aromatic heterocycles. The molecule has 0 aliphatic carbocycles. The molecule has 1 saturated heterocycles. The van der Waals surface area contributed by atoms with Crippen LogP contribution in [0.25, 0.3) is 6.08 Å². The number of hydrogen-bond donors (Lipinski definition) is 2. The first-order valence-electron chi connectivity index (χ1n) is 10.3. The predicted molar refractivity (Wildman–Crippen MR) is 136 cm³/mol. The molecule has 2 aromatic rings. The smallest absolute Gasteiger partial charge is 0.238 e. The molecule has 1 atom stereocenters. The largest absolute Gasteiger partial charge is 0.495 e. The van der Waals surface area contributed by atoms with Gasteiger partial charge in [0.1, 0.15) is 11.0 Å². The molecule has 0 bridgehead atoms. The van der Waals surface area contributed by atoms with E-state index in [9.17, 15) is 9.59 Å². The highest BCUT2D eigenvalue weighted by molar-refractivity contribution is 8.15. The van der Waals surface area contributed by atoms with Crippen molar-refractivity contribution in [1.82, 2.24) is 5.32 Å². The zero-order valence-corrected chi connectivity index (χ0v) is 19.8. The second-order valence-corrected chi connectivity index (χ2v) is 8.71. The number of hydrogen-bond acceptors (Lipinski definition) is 7. The van der Waals surface area contributed by atoms with E-state index in [2.05, 4.69) is 20.8 Å². The van der Waals surface area contributed by atoms with E-state index >= 15 is 0 Å². The maximum Gasteiger partial charge on any atom is 0.238 e. The molecule has 0 spiro atoms. The third kappa shape index (κ3) is 6.95. The van der Waals surface area contributed by atoms with E-state index in [0.29, 0.717) is 17.1 Å². The molecular formula is C24H27N5O3S. The van der Waals surface area contributed by atoms with Crippen LogP contribution in [0.5, 0.6) is 5.75 Å². The van der Waals surface area contributed by atoms with Crippen molar-refractivity contribution in [2.45, 2.75) is 18.6 Å². The van der Waals surface area contributed by atoms with Crippen LogP contribution < -0.4 is 20.3 Å². The number of nitrogens with zero attached hydrogens (tertiary/aromatic N) is 3. The summed E-state index contributed by atoms with van der Waals surface area (Å²) >= 11 is 1.17. The van der Waals surface area contributed by atoms with Gasteiger partial charge in [0, 0.05) is 26.2 Å². The Kier molecular flexibility index (Phi) is 8.26. The fourth-order valence-electron chi connectivity index (χ4n) is 2.96. The highest BCUT2D eigenvalue weighted by Gasteiger charge is 2.30. The van der Waals surface area contributed by atoms with Gasteiger partial charge >= 0.3 is 0 Å². The monoisotopic (exact) mass is 465 g/mol. The molecule has 0 radical (unpaired) electrons. The number of allylic oxidation sites excluding steroid dienone is 1. The number of rotatable bonds is 7. The molecule has 1 heterocycles. The van der Waals surface area contributed by atoms with Gasteiger partial charge in [0.15, 0.2) is 5.17 Å². The molecule has 1 aliphatic rings. The molecule has 1 unspecified atom stereocenters. The number of para-hydroxylation sites is 2. The first-order chi connectivity index (χ1) is 15.9. The summed E-state index contributed by atoms with van der Waals surface area (Å²) in [6.45, 7) is 1.82. The molecule has 3 rings (SSSR count). The lowest BCUT2D eigenvalue weighted by Crippen LogP contribution is -2.41. The number of anilines is 2. The second kappa shape index (κ2) is 11.3. The van der Waals surface area contributed by atoms with Crippen molar-refractivity contribution < 1.29 is 14.3 Å². The van der Waals surface area contributed by atoms with Gasteiger partial charge in [0.2, 0.25) is 11.8 Å². The number of carbonyl (C=O) groups is 2. The topological polar surface area (TPSA) is 95.4 Å². The predicted octanol–water partition coefficient (Wildman–Crippen LogP) is 3.77. The third-order valence-corrected chi connectivity index (χ3v) is 5.83. The van der Waals surface area contributed by atoms with Crippen LogP contribution in [-0.2, 0) is 9.59 Å². The van der Waals surface area contributed by atoms with Crippen molar-refractivity contribution in [3.8, 4) is 5.75 Å². The number of amides is 2. The minimum absolute atomic E-state index is 0.0518. The Balaban J connectivity index is 1.64. The molecule has 1 fully saturated rings. The SMILES string of the molecule is COc1ccccc1NC(=O)C1CC(=O)N\C(=N/N=C(C)/C=C/c2ccc(N(C)C)cc2)S1. The van der Waals surface area contributed by atoms with Crippen molar-refractivity contribution in [3.63, 3.8) is 0 Å². The molecule has 1 aliphatic heterocycles. The van der Waals surface area contributed by atoms with E-state index in [1.54, 1.807) is 18.2 Å². The first kappa shape index (κ1) is 24.1. The lowest BCUT2D eigenvalue weighted by Gasteiger charge is -2.22. The molecule has 2 N–H and O–H groups in total. The van der Waals surface area contributed by atoms with Crippen LogP contribution in [0.2, 0.25) is 0 Å². The van der Waals surface area contributed by atoms with Gasteiger partial charge < -0.3 is 20.3 Å². The molecule has 33 heavy (non-hydrogen) atoms. The average Bonchev–Trinajstić information content (AvgIpc) is 2.81. The Morgan fingerprint density at radius 1 is 1.21 bits per heavy atom. The van der Waals surface area contributed by atoms with E-state index in [1.807, 2.05) is 68.4 Å². The lowest BCUT2D eigenvalue weighted by atomic mass is 10.2. The standard InChI is InChI=1S/C24H27N5O3S/c1-16(9-10-17-11-13-18(14-12-17)29(2)3)27-28-24-26-22(30)15-21(33-24)23(31)25-19-7-5-6-8-20(19)32-4/h5-14,21H,15H2,1-4H3,(H,25,31)(H,26,28,30)/b10-9+,27-16+. The van der Waals surface area contributed by atoms with Crippen LogP contribution >= 0.6 is 11.8 Å². The number of thioether (sulfide) groups is 1. The Hall–Kier alpha value is -3.59. The van der Waals surface area contributed by atoms with Gasteiger partial charge in [-0.25, -0.2) is 0 Å². The van der Waals surface area contributed by atoms with E-state index in [-0.39, 0.29) is 23.4 Å². The van der Waals surface area contributed by atoms with Gasteiger partial charge in [-0.15, -0.1) is 5.10 Å². The summed E-state index contributed by atoms with van der Waals surface area (Å²) in [5.74, 6) is -0.0285. The number of methoxy groups -OCH3 is 1. The highest BCUT2D eigenvalue weighted by atomic mass is 32.2. The molecule has 2 amide bonds. The van der Waals surface area contributed by atoms with E-state index in [1.165, 1.54) is 18.9 Å². The fourth-order valence-corrected chi connectivity index (χ4v) is 3.89. The summed E-state index contributed by atoms with van der Waals surface area (Å²) in [7, 11) is 5.53. The minimum Gasteiger partial charge on any atom is -0.495 e. The van der Waals surface area contributed by atoms with Gasteiger partial charge in [-0.3, -0.25) is 9.59 Å². The second-order valence-electron chi connectivity index (χ2n) is 7.51. The van der Waals surface area contributed by atoms with Gasteiger partial charge in [-0.05, 0) is 42.8 Å². The normalized spacial score (nSPS) is 17.7. The Morgan fingerprint density at radius 3 is 2.64 bits per heavy atom. The molecular weight excluding hydrogens is 438 g/mol. The van der Waals surface area contributed by atoms with E-state index in [0.717, 1.165) is 11.3 Å². The van der Waals surface area contributed by atoms with E-state index in [4.69, 9.17) is 4.74 Å². The molecule has 9 heteroatoms. The first-order valence-corrected chi connectivity index (χ1v) is 11.2. The summed E-state index contributed by atoms with van der Waals surface area (Å²) in [6.07, 6.45) is 3.83. The van der Waals surface area contributed by atoms with Crippen LogP contribution in [0, 0.1) is 0 Å². The fraction of sp³-hybridized carbons (Fsp3) is 0.250. The van der Waals surface area contributed by atoms with E-state index < -0.39 is 5.25 Å². The Morgan fingerprint density at radius 2 is 1.94 bits per heavy atom. The Labute approximate surface area is 197 Å². The van der Waals surface area contributed by atoms with Gasteiger partial charge in [-0.1, -0.05) is 42.1 Å². The van der Waals surface area contributed by atoms with Gasteiger partial charge in [-0.2, -0.15) is 5.10 Å². The summed E-state index contributed by atoms with van der Waals surface area (Å²) in [6, 6.07) is 15.2. The van der Waals surface area contributed by atoms with Crippen LogP contribution in [-0.4, -0.2) is 49.1 Å². The maximum absolute atomic E-state index is 12.7. The molecule has 0 saturated carbocycles. The Bertz CT molecular complexity index is 1090. The van der Waals surface area contributed by atoms with Crippen molar-refractivity contribution in [2.24, 2.45) is 10.2 Å². The minimum atomic E-state index is -0.622. The van der Waals surface area contributed by atoms with Crippen LogP contribution in [0.4, 0.5) is 11.4 Å². The van der Waals surface area contributed by atoms with Crippen molar-refractivity contribution in [2.75, 3.05) is 31.4 Å². The summed E-state index contributed by atoms with van der Waals surface area (Å²) in [5.41, 5.74) is 3.37. The third-order valence-electron chi connectivity index (χ3n) is 4.75. The summed E-state index contributed by atoms with van der Waals surface area (Å²) in [5, 5.41) is 13.4. The number of amidine groups is 1. The number of carbonyl (C=O) groups excluding carboxylic acids is 2. The summed E-state index contributed by atoms with van der Waals surface area (Å²) in [4.78, 5) is 26.9. The maximum atomic E-state index is 12.7. The number of nitrogens with one attached hydrogen (secondary N) is 2. The van der Waals surface area contributed by atoms with Crippen LogP contribution in [0.15, 0.2) is 64.8 Å². The van der Waals surface area contributed by atoms with Crippen molar-refractivity contribution in [1.29, 1.82) is 0 Å². The average molecular weight is 466 g/mol. The van der Waals surface area contributed by atoms with Crippen molar-refractivity contribution in [3.05, 3.63) is 60.2 Å². The van der Waals surface area contributed by atoms with Crippen LogP contribution in [0.1, 0.15) is 18.9 Å². The summed E-state index contributed by atoms with van der Waals surface area (Å²) < 4.78 is 5.26. The molecule has 172 valence electrons. The molecule has 8 nitrogen and oxygen atoms in total. The molecule has 2 aromatic carbocycles. The zero-order chi connectivity index (χ0) is 23.8. The number of ether oxygens (including phenoxy) is 1. The highest BCUT2D eigenvalue weighted by Crippen LogP contribution is 2.26. The quantitative estimate of drug-likeness (QED) is 0.479.